The van der Waals surface area contributed by atoms with Crippen molar-refractivity contribution < 1.29 is 4.79 Å². The number of nitrogens with one attached hydrogen (secondary N) is 1. The van der Waals surface area contributed by atoms with Crippen molar-refractivity contribution in [2.24, 2.45) is 5.73 Å². The monoisotopic (exact) mass is 360 g/mol. The van der Waals surface area contributed by atoms with Crippen LogP contribution in [-0.4, -0.2) is 28.5 Å². The van der Waals surface area contributed by atoms with Crippen molar-refractivity contribution >= 4 is 45.1 Å². The Bertz CT molecular complexity index is 674. The Labute approximate surface area is 129 Å². The van der Waals surface area contributed by atoms with Gasteiger partial charge in [-0.15, -0.1) is 12.4 Å². The summed E-state index contributed by atoms with van der Waals surface area (Å²) in [6.07, 6.45) is 1.38. The lowest BCUT2D eigenvalue weighted by molar-refractivity contribution is -0.121. The number of aromatic nitrogens is 2. The van der Waals surface area contributed by atoms with Crippen LogP contribution in [0.25, 0.3) is 10.9 Å². The summed E-state index contributed by atoms with van der Waals surface area (Å²) in [7, 11) is 0. The largest absolute Gasteiger partial charge is 0.353 e. The zero-order valence-electron chi connectivity index (χ0n) is 10.5. The van der Waals surface area contributed by atoms with Gasteiger partial charge in [0.05, 0.1) is 17.2 Å². The first-order valence-corrected chi connectivity index (χ1v) is 6.52. The molecule has 6 nitrogen and oxygen atoms in total. The Morgan fingerprint density at radius 3 is 2.90 bits per heavy atom. The maximum absolute atomic E-state index is 12.2. The molecule has 1 amide bonds. The number of amides is 1. The average molecular weight is 362 g/mol. The standard InChI is InChI=1S/C12H13BrN4O2.ClH/c13-8-1-2-10-9(5-8)12(19)17(7-16-10)6-11(18)15-4-3-14;/h1-2,5,7H,3-4,6,14H2,(H,15,18);1H. The second kappa shape index (κ2) is 7.37. The Hall–Kier alpha value is -1.44. The van der Waals surface area contributed by atoms with Crippen molar-refractivity contribution in [1.29, 1.82) is 0 Å². The van der Waals surface area contributed by atoms with Crippen molar-refractivity contribution in [3.8, 4) is 0 Å². The number of carbonyl (C=O) groups excluding carboxylic acids is 1. The fraction of sp³-hybridized carbons (Fsp3) is 0.250. The van der Waals surface area contributed by atoms with Gasteiger partial charge in [0.1, 0.15) is 6.54 Å². The average Bonchev–Trinajstić information content (AvgIpc) is 2.40. The summed E-state index contributed by atoms with van der Waals surface area (Å²) in [5, 5.41) is 3.08. The van der Waals surface area contributed by atoms with Gasteiger partial charge in [-0.1, -0.05) is 15.9 Å². The van der Waals surface area contributed by atoms with Gasteiger partial charge in [0, 0.05) is 17.6 Å². The highest BCUT2D eigenvalue weighted by Gasteiger charge is 2.07. The third kappa shape index (κ3) is 3.78. The topological polar surface area (TPSA) is 90.0 Å². The number of hydrogen-bond acceptors (Lipinski definition) is 4. The molecule has 2 aromatic rings. The van der Waals surface area contributed by atoms with Crippen LogP contribution in [0.5, 0.6) is 0 Å². The Morgan fingerprint density at radius 1 is 1.45 bits per heavy atom. The fourth-order valence-electron chi connectivity index (χ4n) is 1.67. The highest BCUT2D eigenvalue weighted by atomic mass is 79.9. The maximum atomic E-state index is 12.2. The van der Waals surface area contributed by atoms with E-state index in [-0.39, 0.29) is 30.4 Å². The molecule has 0 saturated carbocycles. The molecule has 0 fully saturated rings. The molecule has 0 atom stereocenters. The van der Waals surface area contributed by atoms with Crippen molar-refractivity contribution in [3.63, 3.8) is 0 Å². The first kappa shape index (κ1) is 16.6. The van der Waals surface area contributed by atoms with Gasteiger partial charge >= 0.3 is 0 Å². The number of nitrogens with zero attached hydrogens (tertiary/aromatic N) is 2. The molecule has 0 spiro atoms. The molecule has 1 heterocycles. The Balaban J connectivity index is 0.00000200. The van der Waals surface area contributed by atoms with Gasteiger partial charge in [-0.25, -0.2) is 4.98 Å². The van der Waals surface area contributed by atoms with Crippen LogP contribution in [0.1, 0.15) is 0 Å². The maximum Gasteiger partial charge on any atom is 0.261 e. The lowest BCUT2D eigenvalue weighted by Crippen LogP contribution is -2.35. The summed E-state index contributed by atoms with van der Waals surface area (Å²) >= 11 is 3.31. The summed E-state index contributed by atoms with van der Waals surface area (Å²) < 4.78 is 2.07. The van der Waals surface area contributed by atoms with E-state index in [1.165, 1.54) is 10.9 Å². The van der Waals surface area contributed by atoms with Gasteiger partial charge in [-0.2, -0.15) is 0 Å². The van der Waals surface area contributed by atoms with Gasteiger partial charge in [-0.3, -0.25) is 14.2 Å². The number of nitrogens with two attached hydrogens (primary N) is 1. The van der Waals surface area contributed by atoms with Crippen LogP contribution in [0.2, 0.25) is 0 Å². The fourth-order valence-corrected chi connectivity index (χ4v) is 2.03. The van der Waals surface area contributed by atoms with E-state index in [0.717, 1.165) is 4.47 Å². The first-order valence-electron chi connectivity index (χ1n) is 5.73. The van der Waals surface area contributed by atoms with E-state index < -0.39 is 0 Å². The SMILES string of the molecule is Cl.NCCNC(=O)Cn1cnc2ccc(Br)cc2c1=O. The second-order valence-corrected chi connectivity index (χ2v) is 4.89. The minimum absolute atomic E-state index is 0. The van der Waals surface area contributed by atoms with Crippen LogP contribution < -0.4 is 16.6 Å². The highest BCUT2D eigenvalue weighted by Crippen LogP contribution is 2.14. The Kier molecular flexibility index (Phi) is 6.12. The number of carbonyl (C=O) groups is 1. The van der Waals surface area contributed by atoms with Crippen molar-refractivity contribution in [3.05, 3.63) is 39.4 Å². The number of halogens is 2. The van der Waals surface area contributed by atoms with Crippen LogP contribution >= 0.6 is 28.3 Å². The van der Waals surface area contributed by atoms with Gasteiger partial charge in [-0.05, 0) is 18.2 Å². The summed E-state index contributed by atoms with van der Waals surface area (Å²) in [6, 6.07) is 5.26. The molecule has 0 radical (unpaired) electrons. The number of fused-ring (bicyclic) bond motifs is 1. The molecular weight excluding hydrogens is 348 g/mol. The van der Waals surface area contributed by atoms with Crippen LogP contribution in [0.4, 0.5) is 0 Å². The summed E-state index contributed by atoms with van der Waals surface area (Å²) in [5.74, 6) is -0.260. The number of hydrogen-bond donors (Lipinski definition) is 2. The van der Waals surface area contributed by atoms with Gasteiger partial charge in [0.15, 0.2) is 0 Å². The van der Waals surface area contributed by atoms with Crippen molar-refractivity contribution in [2.75, 3.05) is 13.1 Å². The molecule has 0 aliphatic carbocycles. The predicted octanol–water partition coefficient (Wildman–Crippen LogP) is 0.656. The smallest absolute Gasteiger partial charge is 0.261 e. The summed E-state index contributed by atoms with van der Waals surface area (Å²) in [5.41, 5.74) is 5.65. The first-order chi connectivity index (χ1) is 9.11. The Morgan fingerprint density at radius 2 is 2.20 bits per heavy atom. The van der Waals surface area contributed by atoms with Crippen LogP contribution in [-0.2, 0) is 11.3 Å². The van der Waals surface area contributed by atoms with Crippen molar-refractivity contribution in [2.45, 2.75) is 6.54 Å². The molecule has 20 heavy (non-hydrogen) atoms. The molecule has 1 aromatic carbocycles. The van der Waals surface area contributed by atoms with Crippen molar-refractivity contribution in [1.82, 2.24) is 14.9 Å². The molecule has 0 bridgehead atoms. The minimum atomic E-state index is -0.260. The highest BCUT2D eigenvalue weighted by molar-refractivity contribution is 9.10. The quantitative estimate of drug-likeness (QED) is 0.837. The lowest BCUT2D eigenvalue weighted by atomic mass is 10.2. The van der Waals surface area contributed by atoms with E-state index >= 15 is 0 Å². The predicted molar refractivity (Wildman–Crippen MR) is 83.0 cm³/mol. The zero-order chi connectivity index (χ0) is 13.8. The van der Waals surface area contributed by atoms with E-state index in [2.05, 4.69) is 26.2 Å². The van der Waals surface area contributed by atoms with E-state index in [1.54, 1.807) is 12.1 Å². The summed E-state index contributed by atoms with van der Waals surface area (Å²) in [6.45, 7) is 0.692. The normalized spacial score (nSPS) is 10.1. The molecule has 0 unspecified atom stereocenters. The van der Waals surface area contributed by atoms with E-state index in [1.807, 2.05) is 6.07 Å². The zero-order valence-corrected chi connectivity index (χ0v) is 12.9. The van der Waals surface area contributed by atoms with Crippen LogP contribution in [0.15, 0.2) is 33.8 Å². The molecule has 0 aliphatic heterocycles. The summed E-state index contributed by atoms with van der Waals surface area (Å²) in [4.78, 5) is 27.9. The van der Waals surface area contributed by atoms with E-state index in [9.17, 15) is 9.59 Å². The van der Waals surface area contributed by atoms with Gasteiger partial charge < -0.3 is 11.1 Å². The number of rotatable bonds is 4. The van der Waals surface area contributed by atoms with E-state index in [4.69, 9.17) is 5.73 Å². The molecule has 0 aliphatic rings. The lowest BCUT2D eigenvalue weighted by Gasteiger charge is -2.07. The van der Waals surface area contributed by atoms with Crippen LogP contribution in [0.3, 0.4) is 0 Å². The molecule has 108 valence electrons. The third-order valence-corrected chi connectivity index (χ3v) is 3.06. The van der Waals surface area contributed by atoms with Crippen LogP contribution in [0, 0.1) is 0 Å². The van der Waals surface area contributed by atoms with Gasteiger partial charge in [0.25, 0.3) is 5.56 Å². The third-order valence-electron chi connectivity index (χ3n) is 2.57. The molecule has 3 N–H and O–H groups in total. The number of benzene rings is 1. The van der Waals surface area contributed by atoms with E-state index in [0.29, 0.717) is 24.0 Å². The molecule has 2 rings (SSSR count). The molecule has 8 heteroatoms. The molecular formula is C12H14BrClN4O2. The molecule has 1 aromatic heterocycles. The van der Waals surface area contributed by atoms with Gasteiger partial charge in [0.2, 0.25) is 5.91 Å². The second-order valence-electron chi connectivity index (χ2n) is 3.98. The molecule has 0 saturated heterocycles. The minimum Gasteiger partial charge on any atom is -0.353 e.